The van der Waals surface area contributed by atoms with Gasteiger partial charge in [0.25, 0.3) is 0 Å². The first-order chi connectivity index (χ1) is 7.54. The van der Waals surface area contributed by atoms with Crippen LogP contribution in [-0.2, 0) is 4.79 Å². The largest absolute Gasteiger partial charge is 0.367 e. The summed E-state index contributed by atoms with van der Waals surface area (Å²) in [5, 5.41) is 8.78. The lowest BCUT2D eigenvalue weighted by Crippen LogP contribution is -2.28. The highest BCUT2D eigenvalue weighted by molar-refractivity contribution is 5.85. The van der Waals surface area contributed by atoms with E-state index < -0.39 is 0 Å². The summed E-state index contributed by atoms with van der Waals surface area (Å²) in [6.07, 6.45) is 0. The van der Waals surface area contributed by atoms with E-state index in [4.69, 9.17) is 5.26 Å². The summed E-state index contributed by atoms with van der Waals surface area (Å²) in [7, 11) is 1.86. The Morgan fingerprint density at radius 2 is 2.19 bits per heavy atom. The molecule has 0 amide bonds. The molecule has 0 aromatic heterocycles. The van der Waals surface area contributed by atoms with E-state index in [2.05, 4.69) is 6.07 Å². The van der Waals surface area contributed by atoms with Gasteiger partial charge in [0.05, 0.1) is 18.2 Å². The molecule has 0 radical (unpaired) electrons. The normalized spacial score (nSPS) is 9.94. The second-order valence-electron chi connectivity index (χ2n) is 4.14. The van der Waals surface area contributed by atoms with Gasteiger partial charge in [-0.3, -0.25) is 4.79 Å². The van der Waals surface area contributed by atoms with Gasteiger partial charge in [0.1, 0.15) is 0 Å². The number of nitriles is 1. The van der Waals surface area contributed by atoms with Crippen molar-refractivity contribution in [3.63, 3.8) is 0 Å². The summed E-state index contributed by atoms with van der Waals surface area (Å²) in [6.45, 7) is 4.16. The Kier molecular flexibility index (Phi) is 4.07. The molecule has 16 heavy (non-hydrogen) atoms. The number of anilines is 1. The van der Waals surface area contributed by atoms with Crippen LogP contribution in [0.1, 0.15) is 19.4 Å². The molecule has 84 valence electrons. The molecule has 1 aromatic rings. The van der Waals surface area contributed by atoms with E-state index in [1.165, 1.54) is 0 Å². The lowest BCUT2D eigenvalue weighted by atomic mass is 10.1. The Bertz CT molecular complexity index is 418. The number of nitrogens with zero attached hydrogens (tertiary/aromatic N) is 2. The maximum absolute atomic E-state index is 11.6. The number of Topliss-reactive ketones (excluding diaryl/α,β-unsaturated/α-hetero) is 1. The van der Waals surface area contributed by atoms with E-state index in [-0.39, 0.29) is 11.7 Å². The monoisotopic (exact) mass is 216 g/mol. The summed E-state index contributed by atoms with van der Waals surface area (Å²) in [4.78, 5) is 13.4. The van der Waals surface area contributed by atoms with Gasteiger partial charge in [0, 0.05) is 18.7 Å². The van der Waals surface area contributed by atoms with Crippen LogP contribution < -0.4 is 4.90 Å². The Balaban J connectivity index is 2.77. The Morgan fingerprint density at radius 1 is 1.50 bits per heavy atom. The molecule has 0 saturated heterocycles. The third kappa shape index (κ3) is 3.09. The smallest absolute Gasteiger partial charge is 0.154 e. The highest BCUT2D eigenvalue weighted by Crippen LogP contribution is 2.14. The summed E-state index contributed by atoms with van der Waals surface area (Å²) in [5.41, 5.74) is 1.51. The quantitative estimate of drug-likeness (QED) is 0.775. The van der Waals surface area contributed by atoms with Crippen LogP contribution in [0.15, 0.2) is 24.3 Å². The van der Waals surface area contributed by atoms with Crippen LogP contribution in [-0.4, -0.2) is 19.4 Å². The Hall–Kier alpha value is -1.82. The van der Waals surface area contributed by atoms with Crippen molar-refractivity contribution in [3.05, 3.63) is 29.8 Å². The van der Waals surface area contributed by atoms with Gasteiger partial charge in [0.2, 0.25) is 0 Å². The van der Waals surface area contributed by atoms with Crippen molar-refractivity contribution >= 4 is 11.5 Å². The highest BCUT2D eigenvalue weighted by Gasteiger charge is 2.11. The van der Waals surface area contributed by atoms with Crippen molar-refractivity contribution in [2.24, 2.45) is 5.92 Å². The number of benzene rings is 1. The number of carbonyl (C=O) groups excluding carboxylic acids is 1. The van der Waals surface area contributed by atoms with Crippen LogP contribution in [0.4, 0.5) is 5.69 Å². The first-order valence-electron chi connectivity index (χ1n) is 5.28. The van der Waals surface area contributed by atoms with Crippen molar-refractivity contribution in [1.82, 2.24) is 0 Å². The first kappa shape index (κ1) is 12.3. The summed E-state index contributed by atoms with van der Waals surface area (Å²) in [5.74, 6) is 0.242. The molecule has 0 aliphatic rings. The predicted octanol–water partition coefficient (Wildman–Crippen LogP) is 2.22. The van der Waals surface area contributed by atoms with Crippen LogP contribution in [0.2, 0.25) is 0 Å². The number of carbonyl (C=O) groups is 1. The van der Waals surface area contributed by atoms with Crippen LogP contribution in [0, 0.1) is 17.2 Å². The van der Waals surface area contributed by atoms with Gasteiger partial charge < -0.3 is 4.90 Å². The maximum atomic E-state index is 11.6. The molecule has 0 atom stereocenters. The minimum absolute atomic E-state index is 0.0431. The van der Waals surface area contributed by atoms with E-state index in [9.17, 15) is 4.79 Å². The molecule has 3 heteroatoms. The van der Waals surface area contributed by atoms with Gasteiger partial charge in [0.15, 0.2) is 5.78 Å². The number of hydrogen-bond donors (Lipinski definition) is 0. The molecule has 0 aliphatic heterocycles. The van der Waals surface area contributed by atoms with E-state index >= 15 is 0 Å². The zero-order chi connectivity index (χ0) is 12.1. The third-order valence-electron chi connectivity index (χ3n) is 2.45. The van der Waals surface area contributed by atoms with Crippen LogP contribution in [0.5, 0.6) is 0 Å². The lowest BCUT2D eigenvalue weighted by molar-refractivity contribution is -0.120. The molecule has 0 aliphatic carbocycles. The molecule has 1 aromatic carbocycles. The van der Waals surface area contributed by atoms with Crippen LogP contribution >= 0.6 is 0 Å². The van der Waals surface area contributed by atoms with Gasteiger partial charge in [-0.15, -0.1) is 0 Å². The van der Waals surface area contributed by atoms with Crippen molar-refractivity contribution in [2.75, 3.05) is 18.5 Å². The fourth-order valence-electron chi connectivity index (χ4n) is 1.32. The van der Waals surface area contributed by atoms with E-state index in [0.717, 1.165) is 5.69 Å². The Labute approximate surface area is 96.3 Å². The van der Waals surface area contributed by atoms with Gasteiger partial charge in [-0.1, -0.05) is 19.9 Å². The van der Waals surface area contributed by atoms with Gasteiger partial charge in [-0.2, -0.15) is 5.26 Å². The van der Waals surface area contributed by atoms with Crippen LogP contribution in [0.3, 0.4) is 0 Å². The third-order valence-corrected chi connectivity index (χ3v) is 2.45. The van der Waals surface area contributed by atoms with Crippen molar-refractivity contribution in [3.8, 4) is 6.07 Å². The minimum Gasteiger partial charge on any atom is -0.367 e. The number of ketones is 1. The van der Waals surface area contributed by atoms with Crippen molar-refractivity contribution in [2.45, 2.75) is 13.8 Å². The number of hydrogen-bond acceptors (Lipinski definition) is 3. The van der Waals surface area contributed by atoms with Crippen molar-refractivity contribution in [1.29, 1.82) is 5.26 Å². The maximum Gasteiger partial charge on any atom is 0.154 e. The summed E-state index contributed by atoms with van der Waals surface area (Å²) < 4.78 is 0. The Morgan fingerprint density at radius 3 is 2.75 bits per heavy atom. The van der Waals surface area contributed by atoms with Gasteiger partial charge in [-0.05, 0) is 18.2 Å². The molecule has 0 spiro atoms. The number of likely N-dealkylation sites (N-methyl/N-ethyl adjacent to an activating group) is 1. The average molecular weight is 216 g/mol. The zero-order valence-corrected chi connectivity index (χ0v) is 9.90. The fourth-order valence-corrected chi connectivity index (χ4v) is 1.32. The van der Waals surface area contributed by atoms with Gasteiger partial charge >= 0.3 is 0 Å². The molecule has 0 bridgehead atoms. The zero-order valence-electron chi connectivity index (χ0n) is 9.90. The van der Waals surface area contributed by atoms with E-state index in [0.29, 0.717) is 12.1 Å². The van der Waals surface area contributed by atoms with Gasteiger partial charge in [-0.25, -0.2) is 0 Å². The second-order valence-corrected chi connectivity index (χ2v) is 4.14. The molecule has 0 N–H and O–H groups in total. The topological polar surface area (TPSA) is 44.1 Å². The highest BCUT2D eigenvalue weighted by atomic mass is 16.1. The van der Waals surface area contributed by atoms with E-state index in [1.54, 1.807) is 12.1 Å². The molecular weight excluding hydrogens is 200 g/mol. The summed E-state index contributed by atoms with van der Waals surface area (Å²) >= 11 is 0. The standard InChI is InChI=1S/C13H16N2O/c1-10(2)13(16)9-15(3)12-6-4-5-11(7-12)8-14/h4-7,10H,9H2,1-3H3. The molecule has 1 rings (SSSR count). The lowest BCUT2D eigenvalue weighted by Gasteiger charge is -2.19. The predicted molar refractivity (Wildman–Crippen MR) is 64.3 cm³/mol. The second kappa shape index (κ2) is 5.32. The van der Waals surface area contributed by atoms with E-state index in [1.807, 2.05) is 37.9 Å². The SMILES string of the molecule is CC(C)C(=O)CN(C)c1cccc(C#N)c1. The molecular formula is C13H16N2O. The molecule has 0 heterocycles. The first-order valence-corrected chi connectivity index (χ1v) is 5.28. The molecule has 0 saturated carbocycles. The molecule has 0 unspecified atom stereocenters. The van der Waals surface area contributed by atoms with Crippen molar-refractivity contribution < 1.29 is 4.79 Å². The summed E-state index contributed by atoms with van der Waals surface area (Å²) in [6, 6.07) is 9.34. The average Bonchev–Trinajstić information content (AvgIpc) is 2.28. The molecule has 3 nitrogen and oxygen atoms in total. The molecule has 0 fully saturated rings. The number of rotatable bonds is 4. The minimum atomic E-state index is 0.0431. The fraction of sp³-hybridized carbons (Fsp3) is 0.385. The van der Waals surface area contributed by atoms with Crippen LogP contribution in [0.25, 0.3) is 0 Å².